The number of likely N-dealkylation sites (N-methyl/N-ethyl adjacent to an activating group) is 1. The number of benzene rings is 1. The van der Waals surface area contributed by atoms with Gasteiger partial charge in [0.2, 0.25) is 0 Å². The molecule has 0 saturated heterocycles. The molecule has 0 spiro atoms. The summed E-state index contributed by atoms with van der Waals surface area (Å²) in [5.74, 6) is 0.857. The molecule has 118 valence electrons. The van der Waals surface area contributed by atoms with E-state index in [9.17, 15) is 4.79 Å². The van der Waals surface area contributed by atoms with Gasteiger partial charge < -0.3 is 9.64 Å². The van der Waals surface area contributed by atoms with Crippen LogP contribution in [0.1, 0.15) is 12.5 Å². The van der Waals surface area contributed by atoms with Crippen molar-refractivity contribution < 1.29 is 4.74 Å². The van der Waals surface area contributed by atoms with Crippen molar-refractivity contribution in [3.63, 3.8) is 0 Å². The first-order valence-electron chi connectivity index (χ1n) is 7.02. The highest BCUT2D eigenvalue weighted by atomic mass is 35.5. The smallest absolute Gasteiger partial charge is 0.287 e. The van der Waals surface area contributed by atoms with Crippen LogP contribution in [0.4, 0.5) is 5.69 Å². The van der Waals surface area contributed by atoms with Crippen LogP contribution in [0.5, 0.6) is 5.75 Å². The average molecular weight is 322 g/mol. The highest BCUT2D eigenvalue weighted by Crippen LogP contribution is 2.25. The average Bonchev–Trinajstić information content (AvgIpc) is 2.52. The molecule has 1 atom stereocenters. The summed E-state index contributed by atoms with van der Waals surface area (Å²) in [6.45, 7) is 2.07. The monoisotopic (exact) mass is 321 g/mol. The number of aryl methyl sites for hydroxylation is 1. The van der Waals surface area contributed by atoms with E-state index in [1.165, 1.54) is 4.68 Å². The first-order valence-corrected chi connectivity index (χ1v) is 7.40. The van der Waals surface area contributed by atoms with Crippen LogP contribution in [0.15, 0.2) is 35.3 Å². The molecule has 1 aromatic heterocycles. The minimum Gasteiger partial charge on any atom is -0.496 e. The number of rotatable bonds is 5. The van der Waals surface area contributed by atoms with Crippen LogP contribution < -0.4 is 15.2 Å². The number of nitrogens with zero attached hydrogens (tertiary/aromatic N) is 3. The van der Waals surface area contributed by atoms with E-state index in [1.54, 1.807) is 20.4 Å². The Kier molecular flexibility index (Phi) is 5.08. The van der Waals surface area contributed by atoms with Gasteiger partial charge in [-0.15, -0.1) is 0 Å². The van der Waals surface area contributed by atoms with Crippen molar-refractivity contribution in [1.82, 2.24) is 9.78 Å². The van der Waals surface area contributed by atoms with Gasteiger partial charge in [-0.3, -0.25) is 4.79 Å². The fourth-order valence-corrected chi connectivity index (χ4v) is 2.62. The predicted molar refractivity (Wildman–Crippen MR) is 89.1 cm³/mol. The topological polar surface area (TPSA) is 47.4 Å². The van der Waals surface area contributed by atoms with E-state index in [2.05, 4.69) is 12.0 Å². The van der Waals surface area contributed by atoms with Crippen LogP contribution in [0.25, 0.3) is 0 Å². The maximum absolute atomic E-state index is 11.9. The number of hydrogen-bond acceptors (Lipinski definition) is 4. The summed E-state index contributed by atoms with van der Waals surface area (Å²) in [4.78, 5) is 13.9. The molecular formula is C16H20ClN3O2. The standard InChI is InChI=1S/C16H20ClN3O2/c1-11(9-12-7-5-6-8-14(12)22-4)19(2)13-10-18-20(3)16(21)15(13)17/h5-8,10-11H,9H2,1-4H3. The molecule has 1 unspecified atom stereocenters. The van der Waals surface area contributed by atoms with Crippen molar-refractivity contribution in [2.75, 3.05) is 19.1 Å². The molecule has 0 aliphatic rings. The lowest BCUT2D eigenvalue weighted by Crippen LogP contribution is -2.33. The van der Waals surface area contributed by atoms with Gasteiger partial charge in [0.25, 0.3) is 5.56 Å². The highest BCUT2D eigenvalue weighted by Gasteiger charge is 2.18. The molecule has 5 nitrogen and oxygen atoms in total. The van der Waals surface area contributed by atoms with Crippen molar-refractivity contribution in [3.05, 3.63) is 51.4 Å². The summed E-state index contributed by atoms with van der Waals surface area (Å²) in [6.07, 6.45) is 2.38. The number of halogens is 1. The molecule has 0 fully saturated rings. The SMILES string of the molecule is COc1ccccc1CC(C)N(C)c1cnn(C)c(=O)c1Cl. The lowest BCUT2D eigenvalue weighted by molar-refractivity contribution is 0.408. The van der Waals surface area contributed by atoms with E-state index in [4.69, 9.17) is 16.3 Å². The molecule has 22 heavy (non-hydrogen) atoms. The van der Waals surface area contributed by atoms with Crippen molar-refractivity contribution >= 4 is 17.3 Å². The number of ether oxygens (including phenoxy) is 1. The second-order valence-electron chi connectivity index (χ2n) is 5.25. The van der Waals surface area contributed by atoms with Gasteiger partial charge in [0, 0.05) is 20.1 Å². The van der Waals surface area contributed by atoms with Crippen LogP contribution in [-0.4, -0.2) is 30.0 Å². The molecule has 0 radical (unpaired) electrons. The Bertz CT molecular complexity index is 715. The van der Waals surface area contributed by atoms with Crippen LogP contribution in [-0.2, 0) is 13.5 Å². The van der Waals surface area contributed by atoms with Gasteiger partial charge in [-0.25, -0.2) is 4.68 Å². The number of anilines is 1. The third-order valence-electron chi connectivity index (χ3n) is 3.81. The molecule has 0 saturated carbocycles. The van der Waals surface area contributed by atoms with Crippen molar-refractivity contribution in [2.45, 2.75) is 19.4 Å². The molecule has 0 amide bonds. The molecule has 0 N–H and O–H groups in total. The minimum absolute atomic E-state index is 0.128. The van der Waals surface area contributed by atoms with E-state index < -0.39 is 0 Å². The summed E-state index contributed by atoms with van der Waals surface area (Å²) in [7, 11) is 5.15. The van der Waals surface area contributed by atoms with Crippen LogP contribution in [0.2, 0.25) is 5.02 Å². The van der Waals surface area contributed by atoms with E-state index in [1.807, 2.05) is 36.2 Å². The first kappa shape index (κ1) is 16.4. The molecule has 0 aliphatic heterocycles. The molecule has 2 rings (SSSR count). The molecule has 1 heterocycles. The van der Waals surface area contributed by atoms with Crippen LogP contribution in [0.3, 0.4) is 0 Å². The van der Waals surface area contributed by atoms with Gasteiger partial charge >= 0.3 is 0 Å². The van der Waals surface area contributed by atoms with E-state index in [0.717, 1.165) is 17.7 Å². The van der Waals surface area contributed by atoms with Gasteiger partial charge in [-0.2, -0.15) is 5.10 Å². The second-order valence-corrected chi connectivity index (χ2v) is 5.63. The molecule has 0 bridgehead atoms. The number of aromatic nitrogens is 2. The normalized spacial score (nSPS) is 12.0. The third kappa shape index (κ3) is 3.25. The van der Waals surface area contributed by atoms with Crippen LogP contribution >= 0.6 is 11.6 Å². The third-order valence-corrected chi connectivity index (χ3v) is 4.16. The fourth-order valence-electron chi connectivity index (χ4n) is 2.31. The van der Waals surface area contributed by atoms with Gasteiger partial charge in [0.05, 0.1) is 19.0 Å². The quantitative estimate of drug-likeness (QED) is 0.849. The zero-order valence-corrected chi connectivity index (χ0v) is 14.0. The van der Waals surface area contributed by atoms with E-state index in [0.29, 0.717) is 5.69 Å². The molecule has 2 aromatic rings. The van der Waals surface area contributed by atoms with E-state index >= 15 is 0 Å². The molecule has 6 heteroatoms. The Balaban J connectivity index is 2.24. The van der Waals surface area contributed by atoms with Gasteiger partial charge in [0.1, 0.15) is 10.8 Å². The van der Waals surface area contributed by atoms with Crippen molar-refractivity contribution in [3.8, 4) is 5.75 Å². The van der Waals surface area contributed by atoms with Gasteiger partial charge in [-0.1, -0.05) is 29.8 Å². The summed E-state index contributed by atoms with van der Waals surface area (Å²) in [5.41, 5.74) is 1.44. The fraction of sp³-hybridized carbons (Fsp3) is 0.375. The summed E-state index contributed by atoms with van der Waals surface area (Å²) in [5, 5.41) is 4.22. The van der Waals surface area contributed by atoms with Crippen LogP contribution in [0, 0.1) is 0 Å². The molecule has 1 aromatic carbocycles. The summed E-state index contributed by atoms with van der Waals surface area (Å²) >= 11 is 6.16. The summed E-state index contributed by atoms with van der Waals surface area (Å²) < 4.78 is 6.61. The minimum atomic E-state index is -0.296. The van der Waals surface area contributed by atoms with Crippen molar-refractivity contribution in [1.29, 1.82) is 0 Å². The Labute approximate surface area is 135 Å². The second kappa shape index (κ2) is 6.83. The highest BCUT2D eigenvalue weighted by molar-refractivity contribution is 6.33. The zero-order valence-electron chi connectivity index (χ0n) is 13.2. The molecular weight excluding hydrogens is 302 g/mol. The van der Waals surface area contributed by atoms with Gasteiger partial charge in [0.15, 0.2) is 0 Å². The van der Waals surface area contributed by atoms with Crippen molar-refractivity contribution in [2.24, 2.45) is 7.05 Å². The Morgan fingerprint density at radius 1 is 1.41 bits per heavy atom. The van der Waals surface area contributed by atoms with E-state index in [-0.39, 0.29) is 16.6 Å². The number of methoxy groups -OCH3 is 1. The Hall–Kier alpha value is -2.01. The Morgan fingerprint density at radius 3 is 2.77 bits per heavy atom. The first-order chi connectivity index (χ1) is 10.5. The lowest BCUT2D eigenvalue weighted by atomic mass is 10.0. The summed E-state index contributed by atoms with van der Waals surface area (Å²) in [6, 6.07) is 8.03. The Morgan fingerprint density at radius 2 is 2.09 bits per heavy atom. The maximum Gasteiger partial charge on any atom is 0.287 e. The lowest BCUT2D eigenvalue weighted by Gasteiger charge is -2.28. The number of hydrogen-bond donors (Lipinski definition) is 0. The number of para-hydroxylation sites is 1. The zero-order chi connectivity index (χ0) is 16.3. The molecule has 0 aliphatic carbocycles. The maximum atomic E-state index is 11.9. The largest absolute Gasteiger partial charge is 0.496 e. The van der Waals surface area contributed by atoms with Gasteiger partial charge in [-0.05, 0) is 25.0 Å². The predicted octanol–water partition coefficient (Wildman–Crippen LogP) is 2.51.